The molecule has 2 aromatic heterocycles. The maximum absolute atomic E-state index is 6.95. The van der Waals surface area contributed by atoms with Gasteiger partial charge in [0.2, 0.25) is 11.8 Å². The van der Waals surface area contributed by atoms with Crippen LogP contribution in [0, 0.1) is 11.8 Å². The monoisotopic (exact) mass is 653 g/mol. The Balaban J connectivity index is 1.19. The summed E-state index contributed by atoms with van der Waals surface area (Å²) in [6, 6.07) is 23.9. The molecule has 1 unspecified atom stereocenters. The molecule has 0 bridgehead atoms. The average Bonchev–Trinajstić information content (AvgIpc) is 3.73. The van der Waals surface area contributed by atoms with Crippen molar-refractivity contribution in [3.8, 4) is 0 Å². The van der Waals surface area contributed by atoms with Gasteiger partial charge in [-0.3, -0.25) is 9.80 Å². The topological polar surface area (TPSA) is 61.8 Å². The van der Waals surface area contributed by atoms with Crippen molar-refractivity contribution in [2.75, 3.05) is 49.9 Å². The Morgan fingerprint density at radius 3 is 2.13 bits per heavy atom. The predicted octanol–water partition coefficient (Wildman–Crippen LogP) is 8.79. The average molecular weight is 654 g/mol. The SMILES string of the molecule is CCN(CC)C(CC1CCC(C(C)(C)c2sccc2N)CC1)c1nc(Cc2ccccc2)c(N2CCN(Cc3ccccc3)CC2)o1. The summed E-state index contributed by atoms with van der Waals surface area (Å²) in [5, 5.41) is 2.15. The van der Waals surface area contributed by atoms with Crippen LogP contribution in [0.15, 0.2) is 76.5 Å². The number of piperazine rings is 1. The van der Waals surface area contributed by atoms with Crippen LogP contribution in [0.1, 0.15) is 93.4 Å². The normalized spacial score (nSPS) is 20.1. The first-order valence-corrected chi connectivity index (χ1v) is 18.9. The Hall–Kier alpha value is -3.13. The Kier molecular flexibility index (Phi) is 11.1. The van der Waals surface area contributed by atoms with Gasteiger partial charge < -0.3 is 15.1 Å². The van der Waals surface area contributed by atoms with Gasteiger partial charge in [0.1, 0.15) is 5.69 Å². The lowest BCUT2D eigenvalue weighted by molar-refractivity contribution is 0.124. The third kappa shape index (κ3) is 7.96. The van der Waals surface area contributed by atoms with E-state index in [-0.39, 0.29) is 11.5 Å². The molecule has 47 heavy (non-hydrogen) atoms. The summed E-state index contributed by atoms with van der Waals surface area (Å²) >= 11 is 1.83. The van der Waals surface area contributed by atoms with Crippen LogP contribution >= 0.6 is 11.3 Å². The fourth-order valence-corrected chi connectivity index (χ4v) is 9.17. The highest BCUT2D eigenvalue weighted by molar-refractivity contribution is 7.10. The molecule has 0 amide bonds. The number of oxazole rings is 1. The largest absolute Gasteiger partial charge is 0.423 e. The van der Waals surface area contributed by atoms with Crippen LogP contribution in [0.25, 0.3) is 0 Å². The van der Waals surface area contributed by atoms with Crippen molar-refractivity contribution >= 4 is 22.9 Å². The molecular weight excluding hydrogens is 599 g/mol. The smallest absolute Gasteiger partial charge is 0.220 e. The van der Waals surface area contributed by atoms with E-state index in [9.17, 15) is 0 Å². The van der Waals surface area contributed by atoms with Crippen LogP contribution in [0.4, 0.5) is 11.6 Å². The van der Waals surface area contributed by atoms with Crippen molar-refractivity contribution in [3.63, 3.8) is 0 Å². The summed E-state index contributed by atoms with van der Waals surface area (Å²) in [7, 11) is 0. The molecule has 1 aliphatic carbocycles. The van der Waals surface area contributed by atoms with Gasteiger partial charge in [0.25, 0.3) is 0 Å². The highest BCUT2D eigenvalue weighted by Crippen LogP contribution is 2.47. The Morgan fingerprint density at radius 2 is 1.53 bits per heavy atom. The van der Waals surface area contributed by atoms with Crippen LogP contribution in [-0.4, -0.2) is 54.1 Å². The molecule has 1 saturated carbocycles. The van der Waals surface area contributed by atoms with E-state index < -0.39 is 0 Å². The number of hydrogen-bond acceptors (Lipinski definition) is 7. The number of nitrogens with two attached hydrogens (primary N) is 1. The van der Waals surface area contributed by atoms with Crippen LogP contribution < -0.4 is 10.6 Å². The van der Waals surface area contributed by atoms with E-state index in [0.717, 1.165) is 81.8 Å². The fraction of sp³-hybridized carbons (Fsp3) is 0.525. The van der Waals surface area contributed by atoms with E-state index >= 15 is 0 Å². The highest BCUT2D eigenvalue weighted by atomic mass is 32.1. The lowest BCUT2D eigenvalue weighted by Crippen LogP contribution is -2.46. The van der Waals surface area contributed by atoms with Crippen LogP contribution in [0.2, 0.25) is 0 Å². The molecular formula is C40H55N5OS. The molecule has 2 aliphatic rings. The molecule has 1 saturated heterocycles. The van der Waals surface area contributed by atoms with Crippen LogP contribution in [-0.2, 0) is 18.4 Å². The highest BCUT2D eigenvalue weighted by Gasteiger charge is 2.38. The van der Waals surface area contributed by atoms with E-state index in [1.165, 1.54) is 41.7 Å². The third-order valence-corrected chi connectivity index (χ3v) is 12.3. The minimum absolute atomic E-state index is 0.121. The summed E-state index contributed by atoms with van der Waals surface area (Å²) < 4.78 is 6.95. The number of aromatic nitrogens is 1. The number of anilines is 2. The maximum Gasteiger partial charge on any atom is 0.220 e. The molecule has 252 valence electrons. The van der Waals surface area contributed by atoms with Gasteiger partial charge >= 0.3 is 0 Å². The molecule has 0 radical (unpaired) electrons. The van der Waals surface area contributed by atoms with E-state index in [1.807, 2.05) is 11.3 Å². The first kappa shape index (κ1) is 33.8. The van der Waals surface area contributed by atoms with E-state index in [2.05, 4.69) is 115 Å². The van der Waals surface area contributed by atoms with Gasteiger partial charge in [-0.2, -0.15) is 0 Å². The second kappa shape index (κ2) is 15.4. The second-order valence-electron chi connectivity index (χ2n) is 14.3. The zero-order chi connectivity index (χ0) is 32.8. The first-order valence-electron chi connectivity index (χ1n) is 18.0. The van der Waals surface area contributed by atoms with Gasteiger partial charge in [-0.15, -0.1) is 11.3 Å². The number of thiophene rings is 1. The number of rotatable bonds is 13. The Bertz CT molecular complexity index is 1510. The number of benzene rings is 2. The number of nitrogen functional groups attached to an aromatic ring is 1. The summed E-state index contributed by atoms with van der Waals surface area (Å²) in [5.74, 6) is 3.23. The minimum Gasteiger partial charge on any atom is -0.423 e. The molecule has 2 fully saturated rings. The number of nitrogens with zero attached hydrogens (tertiary/aromatic N) is 4. The van der Waals surface area contributed by atoms with Crippen molar-refractivity contribution in [2.45, 2.75) is 84.2 Å². The third-order valence-electron chi connectivity index (χ3n) is 11.1. The number of hydrogen-bond donors (Lipinski definition) is 1. The van der Waals surface area contributed by atoms with Gasteiger partial charge in [0, 0.05) is 55.1 Å². The molecule has 2 aromatic carbocycles. The zero-order valence-electron chi connectivity index (χ0n) is 29.0. The fourth-order valence-electron chi connectivity index (χ4n) is 8.14. The zero-order valence-corrected chi connectivity index (χ0v) is 29.9. The van der Waals surface area contributed by atoms with Gasteiger partial charge in [-0.1, -0.05) is 101 Å². The molecule has 4 aromatic rings. The molecule has 1 aliphatic heterocycles. The molecule has 6 rings (SSSR count). The van der Waals surface area contributed by atoms with Gasteiger partial charge in [0.05, 0.1) is 6.04 Å². The minimum atomic E-state index is 0.121. The summed E-state index contributed by atoms with van der Waals surface area (Å²) in [5.41, 5.74) is 11.2. The molecule has 6 nitrogen and oxygen atoms in total. The molecule has 0 spiro atoms. The van der Waals surface area contributed by atoms with Gasteiger partial charge in [-0.05, 0) is 66.8 Å². The van der Waals surface area contributed by atoms with Crippen molar-refractivity contribution in [2.24, 2.45) is 11.8 Å². The van der Waals surface area contributed by atoms with Gasteiger partial charge in [0.15, 0.2) is 0 Å². The first-order chi connectivity index (χ1) is 22.9. The summed E-state index contributed by atoms with van der Waals surface area (Å²) in [6.07, 6.45) is 6.91. The molecule has 1 atom stereocenters. The standard InChI is InChI=1S/C40H55N5OS/c1-5-44(6-2)36(28-31-17-19-33(20-18-31)40(3,4)37-34(41)21-26-47-37)38-42-35(27-30-13-9-7-10-14-30)39(46-38)45-24-22-43(23-25-45)29-32-15-11-8-12-16-32/h7-16,21,26,31,33,36H,5-6,17-20,22-25,27-29,41H2,1-4H3. The van der Waals surface area contributed by atoms with Crippen molar-refractivity contribution in [1.82, 2.24) is 14.8 Å². The van der Waals surface area contributed by atoms with Crippen molar-refractivity contribution in [1.29, 1.82) is 0 Å². The molecule has 2 N–H and O–H groups in total. The van der Waals surface area contributed by atoms with Crippen LogP contribution in [0.5, 0.6) is 0 Å². The molecule has 3 heterocycles. The second-order valence-corrected chi connectivity index (χ2v) is 15.2. The van der Waals surface area contributed by atoms with E-state index in [4.69, 9.17) is 15.1 Å². The maximum atomic E-state index is 6.95. The van der Waals surface area contributed by atoms with Crippen molar-refractivity contribution < 1.29 is 4.42 Å². The Morgan fingerprint density at radius 1 is 0.894 bits per heavy atom. The van der Waals surface area contributed by atoms with Crippen molar-refractivity contribution in [3.05, 3.63) is 99.7 Å². The predicted molar refractivity (Wildman–Crippen MR) is 197 cm³/mol. The van der Waals surface area contributed by atoms with Gasteiger partial charge in [-0.25, -0.2) is 4.98 Å². The Labute approximate surface area is 287 Å². The van der Waals surface area contributed by atoms with E-state index in [0.29, 0.717) is 11.8 Å². The summed E-state index contributed by atoms with van der Waals surface area (Å²) in [6.45, 7) is 16.3. The van der Waals surface area contributed by atoms with E-state index in [1.54, 1.807) is 0 Å². The van der Waals surface area contributed by atoms with Crippen LogP contribution in [0.3, 0.4) is 0 Å². The quantitative estimate of drug-likeness (QED) is 0.156. The lowest BCUT2D eigenvalue weighted by Gasteiger charge is -2.40. The lowest BCUT2D eigenvalue weighted by atomic mass is 9.67. The molecule has 7 heteroatoms. The summed E-state index contributed by atoms with van der Waals surface area (Å²) in [4.78, 5) is 14.3.